The molecular weight excluding hydrogens is 248 g/mol. The highest BCUT2D eigenvalue weighted by atomic mass is 35.5. The Morgan fingerprint density at radius 3 is 2.20 bits per heavy atom. The van der Waals surface area contributed by atoms with Crippen molar-refractivity contribution in [2.75, 3.05) is 0 Å². The van der Waals surface area contributed by atoms with Gasteiger partial charge in [0, 0.05) is 6.20 Å². The number of aromatic nitrogens is 1. The summed E-state index contributed by atoms with van der Waals surface area (Å²) in [6.45, 7) is 0. The van der Waals surface area contributed by atoms with E-state index >= 15 is 0 Å². The predicted octanol–water partition coefficient (Wildman–Crippen LogP) is 3.83. The summed E-state index contributed by atoms with van der Waals surface area (Å²) in [7, 11) is 0. The third-order valence-corrected chi connectivity index (χ3v) is 1.93. The third kappa shape index (κ3) is 2.34. The van der Waals surface area contributed by atoms with Crippen LogP contribution < -0.4 is 0 Å². The summed E-state index contributed by atoms with van der Waals surface area (Å²) in [5.74, 6) is -1.71. The highest BCUT2D eigenvalue weighted by Gasteiger charge is 2.37. The van der Waals surface area contributed by atoms with Crippen LogP contribution in [-0.2, 0) is 6.18 Å². The van der Waals surface area contributed by atoms with Crippen LogP contribution in [0.15, 0.2) is 6.20 Å². The standard InChI is InChI=1S/C7H2ClF6N/c8-4-2(7(12,13)14)1-15-6(11)3(4)5(9)10/h1,5H. The molecule has 0 fully saturated rings. The first-order valence-electron chi connectivity index (χ1n) is 3.44. The van der Waals surface area contributed by atoms with Gasteiger partial charge in [-0.1, -0.05) is 11.6 Å². The highest BCUT2D eigenvalue weighted by molar-refractivity contribution is 6.32. The zero-order valence-electron chi connectivity index (χ0n) is 6.75. The van der Waals surface area contributed by atoms with Crippen molar-refractivity contribution in [3.63, 3.8) is 0 Å². The number of hydrogen-bond donors (Lipinski definition) is 0. The van der Waals surface area contributed by atoms with Gasteiger partial charge in [-0.05, 0) is 0 Å². The minimum Gasteiger partial charge on any atom is -0.227 e. The molecule has 1 aromatic rings. The molecule has 0 unspecified atom stereocenters. The Hall–Kier alpha value is -0.980. The summed E-state index contributed by atoms with van der Waals surface area (Å²) in [5, 5.41) is -1.36. The molecule has 0 bridgehead atoms. The SMILES string of the molecule is Fc1ncc(C(F)(F)F)c(Cl)c1C(F)F. The van der Waals surface area contributed by atoms with Gasteiger partial charge < -0.3 is 0 Å². The molecule has 15 heavy (non-hydrogen) atoms. The summed E-state index contributed by atoms with van der Waals surface area (Å²) < 4.78 is 73.3. The van der Waals surface area contributed by atoms with Gasteiger partial charge in [-0.2, -0.15) is 17.6 Å². The van der Waals surface area contributed by atoms with Crippen LogP contribution >= 0.6 is 11.6 Å². The predicted molar refractivity (Wildman–Crippen MR) is 39.2 cm³/mol. The van der Waals surface area contributed by atoms with Crippen LogP contribution in [0.3, 0.4) is 0 Å². The Bertz CT molecular complexity index is 374. The molecule has 0 aliphatic carbocycles. The van der Waals surface area contributed by atoms with Crippen molar-refractivity contribution in [1.29, 1.82) is 0 Å². The van der Waals surface area contributed by atoms with Crippen molar-refractivity contribution in [2.24, 2.45) is 0 Å². The maximum Gasteiger partial charge on any atom is 0.419 e. The van der Waals surface area contributed by atoms with Crippen LogP contribution in [0.25, 0.3) is 0 Å². The maximum atomic E-state index is 12.6. The lowest BCUT2D eigenvalue weighted by Crippen LogP contribution is -2.10. The third-order valence-electron chi connectivity index (χ3n) is 1.53. The van der Waals surface area contributed by atoms with Gasteiger partial charge in [0.2, 0.25) is 5.95 Å². The first-order chi connectivity index (χ1) is 6.75. The molecule has 0 saturated heterocycles. The Morgan fingerprint density at radius 2 is 1.80 bits per heavy atom. The van der Waals surface area contributed by atoms with Gasteiger partial charge in [0.15, 0.2) is 0 Å². The molecule has 0 N–H and O–H groups in total. The number of alkyl halides is 5. The van der Waals surface area contributed by atoms with Crippen molar-refractivity contribution >= 4 is 11.6 Å². The first kappa shape index (κ1) is 12.1. The van der Waals surface area contributed by atoms with Crippen LogP contribution in [-0.4, -0.2) is 4.98 Å². The van der Waals surface area contributed by atoms with Crippen LogP contribution in [0.1, 0.15) is 17.6 Å². The van der Waals surface area contributed by atoms with Crippen LogP contribution in [0, 0.1) is 5.95 Å². The van der Waals surface area contributed by atoms with Gasteiger partial charge in [0.25, 0.3) is 6.43 Å². The van der Waals surface area contributed by atoms with E-state index in [9.17, 15) is 26.3 Å². The zero-order valence-corrected chi connectivity index (χ0v) is 7.50. The van der Waals surface area contributed by atoms with Gasteiger partial charge in [-0.15, -0.1) is 0 Å². The summed E-state index contributed by atoms with van der Waals surface area (Å²) >= 11 is 5.01. The fourth-order valence-corrected chi connectivity index (χ4v) is 1.18. The van der Waals surface area contributed by atoms with E-state index in [0.29, 0.717) is 0 Å². The van der Waals surface area contributed by atoms with Gasteiger partial charge in [-0.25, -0.2) is 13.8 Å². The quantitative estimate of drug-likeness (QED) is 0.544. The van der Waals surface area contributed by atoms with Crippen molar-refractivity contribution in [1.82, 2.24) is 4.98 Å². The second-order valence-corrected chi connectivity index (χ2v) is 2.87. The zero-order chi connectivity index (χ0) is 11.8. The average molecular weight is 250 g/mol. The fraction of sp³-hybridized carbons (Fsp3) is 0.286. The molecule has 0 aliphatic rings. The molecule has 0 saturated carbocycles. The molecule has 1 nitrogen and oxygen atoms in total. The number of pyridine rings is 1. The van der Waals surface area contributed by atoms with Crippen molar-refractivity contribution in [3.05, 3.63) is 28.3 Å². The van der Waals surface area contributed by atoms with E-state index in [1.54, 1.807) is 0 Å². The number of nitrogens with zero attached hydrogens (tertiary/aromatic N) is 1. The van der Waals surface area contributed by atoms with Gasteiger partial charge in [0.05, 0.1) is 16.1 Å². The monoisotopic (exact) mass is 249 g/mol. The molecule has 1 heterocycles. The van der Waals surface area contributed by atoms with Gasteiger partial charge >= 0.3 is 6.18 Å². The largest absolute Gasteiger partial charge is 0.419 e. The van der Waals surface area contributed by atoms with Gasteiger partial charge in [-0.3, -0.25) is 0 Å². The molecule has 0 spiro atoms. The minimum atomic E-state index is -4.94. The minimum absolute atomic E-state index is 0.0730. The van der Waals surface area contributed by atoms with Crippen molar-refractivity contribution in [3.8, 4) is 0 Å². The molecule has 8 heteroatoms. The Morgan fingerprint density at radius 1 is 1.27 bits per heavy atom. The molecule has 0 atom stereocenters. The van der Waals surface area contributed by atoms with E-state index < -0.39 is 34.7 Å². The number of halogens is 7. The average Bonchev–Trinajstić information content (AvgIpc) is 2.00. The maximum absolute atomic E-state index is 12.6. The lowest BCUT2D eigenvalue weighted by molar-refractivity contribution is -0.137. The van der Waals surface area contributed by atoms with E-state index in [2.05, 4.69) is 4.98 Å². The van der Waals surface area contributed by atoms with E-state index in [1.165, 1.54) is 0 Å². The van der Waals surface area contributed by atoms with Gasteiger partial charge in [0.1, 0.15) is 0 Å². The van der Waals surface area contributed by atoms with Crippen LogP contribution in [0.5, 0.6) is 0 Å². The summed E-state index contributed by atoms with van der Waals surface area (Å²) in [6, 6.07) is 0. The molecule has 0 amide bonds. The normalized spacial score (nSPS) is 12.3. The Labute approximate surface area is 84.7 Å². The molecule has 1 rings (SSSR count). The number of hydrogen-bond acceptors (Lipinski definition) is 1. The first-order valence-corrected chi connectivity index (χ1v) is 3.82. The number of rotatable bonds is 1. The molecule has 1 aromatic heterocycles. The highest BCUT2D eigenvalue weighted by Crippen LogP contribution is 2.39. The van der Waals surface area contributed by atoms with E-state index in [-0.39, 0.29) is 6.20 Å². The van der Waals surface area contributed by atoms with E-state index in [4.69, 9.17) is 11.6 Å². The van der Waals surface area contributed by atoms with E-state index in [0.717, 1.165) is 0 Å². The topological polar surface area (TPSA) is 12.9 Å². The second-order valence-electron chi connectivity index (χ2n) is 2.49. The van der Waals surface area contributed by atoms with E-state index in [1.807, 2.05) is 0 Å². The van der Waals surface area contributed by atoms with Crippen molar-refractivity contribution in [2.45, 2.75) is 12.6 Å². The molecule has 0 aliphatic heterocycles. The Balaban J connectivity index is 3.42. The Kier molecular flexibility index (Phi) is 3.13. The second kappa shape index (κ2) is 3.88. The summed E-state index contributed by atoms with van der Waals surface area (Å²) in [5.41, 5.74) is -3.12. The summed E-state index contributed by atoms with van der Waals surface area (Å²) in [6.07, 6.45) is -8.32. The lowest BCUT2D eigenvalue weighted by Gasteiger charge is -2.11. The fourth-order valence-electron chi connectivity index (χ4n) is 0.867. The smallest absolute Gasteiger partial charge is 0.227 e. The molecule has 84 valence electrons. The molecule has 0 radical (unpaired) electrons. The van der Waals surface area contributed by atoms with Crippen molar-refractivity contribution < 1.29 is 26.3 Å². The molecular formula is C7H2ClF6N. The molecule has 0 aromatic carbocycles. The summed E-state index contributed by atoms with van der Waals surface area (Å²) in [4.78, 5) is 2.58. The lowest BCUT2D eigenvalue weighted by atomic mass is 10.2. The van der Waals surface area contributed by atoms with Crippen LogP contribution in [0.4, 0.5) is 26.3 Å². The van der Waals surface area contributed by atoms with Crippen LogP contribution in [0.2, 0.25) is 5.02 Å².